The lowest BCUT2D eigenvalue weighted by Crippen LogP contribution is -2.43. The largest absolute Gasteiger partial charge is 0.291 e. The number of carbonyl (C=O) groups excluding carboxylic acids is 2. The van der Waals surface area contributed by atoms with Crippen molar-refractivity contribution < 1.29 is 9.59 Å². The van der Waals surface area contributed by atoms with E-state index in [4.69, 9.17) is 0 Å². The highest BCUT2D eigenvalue weighted by molar-refractivity contribution is 5.97. The fourth-order valence-corrected chi connectivity index (χ4v) is 3.87. The van der Waals surface area contributed by atoms with E-state index in [2.05, 4.69) is 29.2 Å². The average Bonchev–Trinajstić information content (AvgIpc) is 3.31. The van der Waals surface area contributed by atoms with Crippen LogP contribution in [0, 0.1) is 5.92 Å². The van der Waals surface area contributed by atoms with Crippen LogP contribution in [0.25, 0.3) is 0 Å². The van der Waals surface area contributed by atoms with E-state index < -0.39 is 0 Å². The van der Waals surface area contributed by atoms with Crippen molar-refractivity contribution in [2.75, 3.05) is 6.54 Å². The van der Waals surface area contributed by atoms with E-state index in [9.17, 15) is 9.59 Å². The third kappa shape index (κ3) is 2.56. The number of imide groups is 1. The topological polar surface area (TPSA) is 40.6 Å². The molecule has 3 aliphatic rings. The Labute approximate surface area is 131 Å². The number of hydrogen-bond acceptors (Lipinski definition) is 3. The molecule has 116 valence electrons. The number of likely N-dealkylation sites (tertiary alicyclic amines) is 1. The Kier molecular flexibility index (Phi) is 3.49. The lowest BCUT2D eigenvalue weighted by atomic mass is 10.1. The van der Waals surface area contributed by atoms with Crippen LogP contribution in [0.5, 0.6) is 0 Å². The van der Waals surface area contributed by atoms with Crippen LogP contribution < -0.4 is 0 Å². The number of rotatable bonds is 3. The number of amides is 2. The van der Waals surface area contributed by atoms with Gasteiger partial charge in [0.1, 0.15) is 0 Å². The fourth-order valence-electron chi connectivity index (χ4n) is 3.87. The Balaban J connectivity index is 1.52. The quantitative estimate of drug-likeness (QED) is 0.803. The van der Waals surface area contributed by atoms with Crippen LogP contribution >= 0.6 is 0 Å². The van der Waals surface area contributed by atoms with Gasteiger partial charge in [-0.05, 0) is 31.2 Å². The van der Waals surface area contributed by atoms with Gasteiger partial charge >= 0.3 is 0 Å². The molecule has 0 radical (unpaired) electrons. The zero-order chi connectivity index (χ0) is 15.1. The summed E-state index contributed by atoms with van der Waals surface area (Å²) in [6, 6.07) is 11.1. The van der Waals surface area contributed by atoms with Crippen molar-refractivity contribution in [3.8, 4) is 0 Å². The molecule has 4 nitrogen and oxygen atoms in total. The lowest BCUT2D eigenvalue weighted by molar-refractivity contribution is -0.145. The van der Waals surface area contributed by atoms with Crippen LogP contribution in [-0.4, -0.2) is 40.2 Å². The second-order valence-electron chi connectivity index (χ2n) is 6.86. The molecule has 1 aromatic rings. The van der Waals surface area contributed by atoms with Gasteiger partial charge in [-0.15, -0.1) is 0 Å². The molecule has 2 atom stereocenters. The summed E-state index contributed by atoms with van der Waals surface area (Å²) in [6.45, 7) is 1.48. The maximum atomic E-state index is 12.5. The van der Waals surface area contributed by atoms with Crippen molar-refractivity contribution in [3.05, 3.63) is 35.9 Å². The van der Waals surface area contributed by atoms with Crippen molar-refractivity contribution in [1.82, 2.24) is 9.80 Å². The fraction of sp³-hybridized carbons (Fsp3) is 0.556. The third-order valence-electron chi connectivity index (χ3n) is 5.28. The first-order valence-corrected chi connectivity index (χ1v) is 8.36. The predicted octanol–water partition coefficient (Wildman–Crippen LogP) is 2.19. The first kappa shape index (κ1) is 13.9. The van der Waals surface area contributed by atoms with Crippen molar-refractivity contribution in [1.29, 1.82) is 0 Å². The van der Waals surface area contributed by atoms with Gasteiger partial charge < -0.3 is 0 Å². The summed E-state index contributed by atoms with van der Waals surface area (Å²) in [4.78, 5) is 28.8. The number of carbonyl (C=O) groups is 2. The highest BCUT2D eigenvalue weighted by Gasteiger charge is 2.44. The highest BCUT2D eigenvalue weighted by atomic mass is 16.2. The van der Waals surface area contributed by atoms with Gasteiger partial charge in [-0.1, -0.05) is 30.3 Å². The summed E-state index contributed by atoms with van der Waals surface area (Å²) < 4.78 is 0. The number of hydrogen-bond donors (Lipinski definition) is 0. The monoisotopic (exact) mass is 298 g/mol. The Morgan fingerprint density at radius 3 is 2.50 bits per heavy atom. The van der Waals surface area contributed by atoms with Crippen LogP contribution in [0.3, 0.4) is 0 Å². The SMILES string of the molecule is O=C1C[C@H]2CC[C@@H](CN1C(=O)C1CC1)N2Cc1ccccc1. The van der Waals surface area contributed by atoms with E-state index in [1.165, 1.54) is 5.56 Å². The lowest BCUT2D eigenvalue weighted by Gasteiger charge is -2.28. The van der Waals surface area contributed by atoms with Gasteiger partial charge in [-0.2, -0.15) is 0 Å². The van der Waals surface area contributed by atoms with E-state index in [0.29, 0.717) is 25.0 Å². The van der Waals surface area contributed by atoms with Gasteiger partial charge in [-0.3, -0.25) is 19.4 Å². The molecule has 2 aliphatic heterocycles. The van der Waals surface area contributed by atoms with Crippen molar-refractivity contribution >= 4 is 11.8 Å². The summed E-state index contributed by atoms with van der Waals surface area (Å²) in [7, 11) is 0. The van der Waals surface area contributed by atoms with E-state index in [1.807, 2.05) is 6.07 Å². The molecule has 22 heavy (non-hydrogen) atoms. The average molecular weight is 298 g/mol. The Morgan fingerprint density at radius 1 is 1.05 bits per heavy atom. The summed E-state index contributed by atoms with van der Waals surface area (Å²) >= 11 is 0. The van der Waals surface area contributed by atoms with Gasteiger partial charge in [0.2, 0.25) is 11.8 Å². The van der Waals surface area contributed by atoms with Crippen molar-refractivity contribution in [2.45, 2.75) is 50.7 Å². The maximum absolute atomic E-state index is 12.5. The Morgan fingerprint density at radius 2 is 1.77 bits per heavy atom. The van der Waals surface area contributed by atoms with Crippen LogP contribution in [0.4, 0.5) is 0 Å². The first-order chi connectivity index (χ1) is 10.7. The second kappa shape index (κ2) is 5.51. The van der Waals surface area contributed by atoms with Crippen molar-refractivity contribution in [3.63, 3.8) is 0 Å². The molecule has 4 rings (SSSR count). The molecule has 4 heteroatoms. The summed E-state index contributed by atoms with van der Waals surface area (Å²) in [5.74, 6) is 0.252. The van der Waals surface area contributed by atoms with Gasteiger partial charge in [-0.25, -0.2) is 0 Å². The molecule has 2 saturated heterocycles. The summed E-state index contributed by atoms with van der Waals surface area (Å²) in [5, 5.41) is 0. The Hall–Kier alpha value is -1.68. The zero-order valence-corrected chi connectivity index (χ0v) is 12.8. The van der Waals surface area contributed by atoms with E-state index in [0.717, 1.165) is 32.2 Å². The first-order valence-electron chi connectivity index (χ1n) is 8.36. The van der Waals surface area contributed by atoms with E-state index in [1.54, 1.807) is 4.90 Å². The maximum Gasteiger partial charge on any atom is 0.232 e. The standard InChI is InChI=1S/C18H22N2O2/c21-17-10-15-8-9-16(12-20(17)18(22)14-6-7-14)19(15)11-13-4-2-1-3-5-13/h1-5,14-16H,6-12H2/t15-,16+/m1/s1. The predicted molar refractivity (Wildman–Crippen MR) is 82.9 cm³/mol. The van der Waals surface area contributed by atoms with Crippen LogP contribution in [0.1, 0.15) is 37.7 Å². The van der Waals surface area contributed by atoms with Gasteiger partial charge in [0.25, 0.3) is 0 Å². The molecule has 2 bridgehead atoms. The molecule has 0 spiro atoms. The number of fused-ring (bicyclic) bond motifs is 2. The van der Waals surface area contributed by atoms with E-state index in [-0.39, 0.29) is 17.7 Å². The molecule has 1 aliphatic carbocycles. The number of benzene rings is 1. The molecule has 1 saturated carbocycles. The minimum absolute atomic E-state index is 0.0437. The van der Waals surface area contributed by atoms with E-state index >= 15 is 0 Å². The highest BCUT2D eigenvalue weighted by Crippen LogP contribution is 2.36. The molecule has 2 heterocycles. The molecule has 0 unspecified atom stereocenters. The molecule has 1 aromatic carbocycles. The second-order valence-corrected chi connectivity index (χ2v) is 6.86. The summed E-state index contributed by atoms with van der Waals surface area (Å²) in [5.41, 5.74) is 1.29. The smallest absolute Gasteiger partial charge is 0.232 e. The summed E-state index contributed by atoms with van der Waals surface area (Å²) in [6.07, 6.45) is 4.60. The minimum Gasteiger partial charge on any atom is -0.291 e. The van der Waals surface area contributed by atoms with Crippen molar-refractivity contribution in [2.24, 2.45) is 5.92 Å². The molecule has 2 amide bonds. The number of nitrogens with zero attached hydrogens (tertiary/aromatic N) is 2. The minimum atomic E-state index is 0.0437. The molecular formula is C18H22N2O2. The van der Waals surface area contributed by atoms with Crippen LogP contribution in [0.2, 0.25) is 0 Å². The van der Waals surface area contributed by atoms with Crippen LogP contribution in [-0.2, 0) is 16.1 Å². The molecule has 0 aromatic heterocycles. The van der Waals surface area contributed by atoms with Gasteiger partial charge in [0, 0.05) is 37.5 Å². The zero-order valence-electron chi connectivity index (χ0n) is 12.8. The third-order valence-corrected chi connectivity index (χ3v) is 5.28. The molecular weight excluding hydrogens is 276 g/mol. The van der Waals surface area contributed by atoms with Gasteiger partial charge in [0.05, 0.1) is 0 Å². The van der Waals surface area contributed by atoms with Gasteiger partial charge in [0.15, 0.2) is 0 Å². The normalized spacial score (nSPS) is 28.7. The molecule has 0 N–H and O–H groups in total. The Bertz CT molecular complexity index is 582. The van der Waals surface area contributed by atoms with Crippen LogP contribution in [0.15, 0.2) is 30.3 Å². The molecule has 3 fully saturated rings.